The fraction of sp³-hybridized carbons (Fsp3) is 0.167. The Kier molecular flexibility index (Phi) is 3.80. The summed E-state index contributed by atoms with van der Waals surface area (Å²) < 4.78 is 0. The van der Waals surface area contributed by atoms with E-state index in [1.165, 1.54) is 0 Å². The molecule has 0 fully saturated rings. The van der Waals surface area contributed by atoms with Gasteiger partial charge in [-0.05, 0) is 26.0 Å². The molecule has 1 heterocycles. The molecule has 0 bridgehead atoms. The Morgan fingerprint density at radius 2 is 2.21 bits per heavy atom. The lowest BCUT2D eigenvalue weighted by Gasteiger charge is -1.98. The van der Waals surface area contributed by atoms with Crippen LogP contribution in [-0.4, -0.2) is 10.7 Å². The van der Waals surface area contributed by atoms with Crippen LogP contribution >= 0.6 is 0 Å². The lowest BCUT2D eigenvalue weighted by Crippen LogP contribution is -1.85. The highest BCUT2D eigenvalue weighted by Crippen LogP contribution is 2.11. The van der Waals surface area contributed by atoms with E-state index in [9.17, 15) is 0 Å². The van der Waals surface area contributed by atoms with Crippen molar-refractivity contribution in [1.29, 1.82) is 0 Å². The summed E-state index contributed by atoms with van der Waals surface area (Å²) in [6.07, 6.45) is 5.30. The summed E-state index contributed by atoms with van der Waals surface area (Å²) in [5.41, 5.74) is 2.85. The molecule has 0 aromatic carbocycles. The van der Waals surface area contributed by atoms with Crippen molar-refractivity contribution in [2.45, 2.75) is 13.8 Å². The second-order valence-electron chi connectivity index (χ2n) is 3.08. The summed E-state index contributed by atoms with van der Waals surface area (Å²) in [5.74, 6) is 0. The molecule has 0 saturated carbocycles. The van der Waals surface area contributed by atoms with E-state index in [1.807, 2.05) is 32.0 Å². The van der Waals surface area contributed by atoms with Gasteiger partial charge < -0.3 is 0 Å². The first-order valence-corrected chi connectivity index (χ1v) is 4.49. The molecule has 0 aliphatic heterocycles. The van der Waals surface area contributed by atoms with Gasteiger partial charge >= 0.3 is 0 Å². The number of hydrogen-bond donors (Lipinski definition) is 0. The fourth-order valence-electron chi connectivity index (χ4n) is 0.956. The average Bonchev–Trinajstić information content (AvgIpc) is 2.20. The van der Waals surface area contributed by atoms with Crippen LogP contribution in [0, 0.1) is 0 Å². The van der Waals surface area contributed by atoms with Crippen LogP contribution in [0.2, 0.25) is 0 Å². The Balaban J connectivity index is 2.99. The minimum atomic E-state index is 0.896. The highest BCUT2D eigenvalue weighted by Gasteiger charge is 1.95. The van der Waals surface area contributed by atoms with Crippen molar-refractivity contribution >= 4 is 11.3 Å². The van der Waals surface area contributed by atoms with Gasteiger partial charge in [-0.25, -0.2) is 0 Å². The molecular weight excluding hydrogens is 172 g/mol. The largest absolute Gasteiger partial charge is 0.266 e. The number of pyridine rings is 1. The standard InChI is InChI=1S/C12H14N2/c1-4-11(9-14-10(2)3)12-7-5-6-8-13-12/h4-9H,1H2,2-3H3/b11-9+. The van der Waals surface area contributed by atoms with Crippen molar-refractivity contribution in [2.75, 3.05) is 0 Å². The van der Waals surface area contributed by atoms with E-state index in [4.69, 9.17) is 0 Å². The molecule has 0 amide bonds. The zero-order chi connectivity index (χ0) is 10.4. The normalized spacial score (nSPS) is 10.9. The molecule has 2 heteroatoms. The highest BCUT2D eigenvalue weighted by atomic mass is 14.7. The topological polar surface area (TPSA) is 25.2 Å². The summed E-state index contributed by atoms with van der Waals surface area (Å²) in [7, 11) is 0. The average molecular weight is 186 g/mol. The van der Waals surface area contributed by atoms with Gasteiger partial charge in [-0.2, -0.15) is 0 Å². The zero-order valence-electron chi connectivity index (χ0n) is 8.57. The SMILES string of the molecule is C=C/C(=C\N=C(C)C)c1ccccn1. The molecule has 1 aromatic rings. The molecule has 0 aliphatic rings. The zero-order valence-corrected chi connectivity index (χ0v) is 8.57. The first-order chi connectivity index (χ1) is 6.74. The lowest BCUT2D eigenvalue weighted by molar-refractivity contribution is 1.27. The summed E-state index contributed by atoms with van der Waals surface area (Å²) >= 11 is 0. The van der Waals surface area contributed by atoms with Crippen LogP contribution in [0.4, 0.5) is 0 Å². The van der Waals surface area contributed by atoms with E-state index in [0.29, 0.717) is 0 Å². The van der Waals surface area contributed by atoms with Crippen LogP contribution in [0.5, 0.6) is 0 Å². The Labute approximate surface area is 84.7 Å². The number of aliphatic imine (C=N–C) groups is 1. The number of rotatable bonds is 3. The quantitative estimate of drug-likeness (QED) is 0.526. The maximum atomic E-state index is 4.22. The number of nitrogens with zero attached hydrogens (tertiary/aromatic N) is 2. The summed E-state index contributed by atoms with van der Waals surface area (Å²) in [4.78, 5) is 8.43. The Hall–Kier alpha value is -1.70. The summed E-state index contributed by atoms with van der Waals surface area (Å²) in [6, 6.07) is 5.77. The first-order valence-electron chi connectivity index (χ1n) is 4.49. The van der Waals surface area contributed by atoms with Gasteiger partial charge in [0.25, 0.3) is 0 Å². The third-order valence-electron chi connectivity index (χ3n) is 1.64. The van der Waals surface area contributed by atoms with Gasteiger partial charge in [0, 0.05) is 23.7 Å². The van der Waals surface area contributed by atoms with E-state index < -0.39 is 0 Å². The second-order valence-corrected chi connectivity index (χ2v) is 3.08. The molecule has 0 atom stereocenters. The molecule has 14 heavy (non-hydrogen) atoms. The van der Waals surface area contributed by atoms with E-state index in [2.05, 4.69) is 16.6 Å². The molecule has 0 spiro atoms. The number of allylic oxidation sites excluding steroid dienone is 2. The van der Waals surface area contributed by atoms with Gasteiger partial charge in [0.05, 0.1) is 5.69 Å². The van der Waals surface area contributed by atoms with Gasteiger partial charge in [-0.1, -0.05) is 18.7 Å². The molecule has 2 nitrogen and oxygen atoms in total. The monoisotopic (exact) mass is 186 g/mol. The van der Waals surface area contributed by atoms with Crippen molar-refractivity contribution in [3.8, 4) is 0 Å². The Bertz CT molecular complexity index is 357. The molecule has 1 aromatic heterocycles. The van der Waals surface area contributed by atoms with E-state index in [0.717, 1.165) is 17.0 Å². The van der Waals surface area contributed by atoms with Crippen molar-refractivity contribution in [3.63, 3.8) is 0 Å². The predicted molar refractivity (Wildman–Crippen MR) is 61.2 cm³/mol. The van der Waals surface area contributed by atoms with Crippen molar-refractivity contribution < 1.29 is 0 Å². The van der Waals surface area contributed by atoms with Crippen molar-refractivity contribution in [2.24, 2.45) is 4.99 Å². The lowest BCUT2D eigenvalue weighted by atomic mass is 10.2. The van der Waals surface area contributed by atoms with Gasteiger partial charge in [-0.3, -0.25) is 9.98 Å². The third kappa shape index (κ3) is 2.98. The Morgan fingerprint density at radius 3 is 2.71 bits per heavy atom. The molecule has 72 valence electrons. The molecular formula is C12H14N2. The molecule has 0 N–H and O–H groups in total. The molecule has 0 radical (unpaired) electrons. The van der Waals surface area contributed by atoms with Crippen LogP contribution < -0.4 is 0 Å². The van der Waals surface area contributed by atoms with Crippen LogP contribution in [0.3, 0.4) is 0 Å². The highest BCUT2D eigenvalue weighted by molar-refractivity contribution is 5.81. The number of hydrogen-bond acceptors (Lipinski definition) is 2. The van der Waals surface area contributed by atoms with Crippen LogP contribution in [-0.2, 0) is 0 Å². The summed E-state index contributed by atoms with van der Waals surface area (Å²) in [6.45, 7) is 7.65. The number of aromatic nitrogens is 1. The van der Waals surface area contributed by atoms with Crippen LogP contribution in [0.25, 0.3) is 5.57 Å². The molecule has 1 rings (SSSR count). The maximum Gasteiger partial charge on any atom is 0.0717 e. The van der Waals surface area contributed by atoms with Gasteiger partial charge in [0.1, 0.15) is 0 Å². The second kappa shape index (κ2) is 5.12. The van der Waals surface area contributed by atoms with Gasteiger partial charge in [0.15, 0.2) is 0 Å². The third-order valence-corrected chi connectivity index (χ3v) is 1.64. The minimum Gasteiger partial charge on any atom is -0.266 e. The van der Waals surface area contributed by atoms with Crippen LogP contribution in [0.1, 0.15) is 19.5 Å². The molecule has 0 unspecified atom stereocenters. The van der Waals surface area contributed by atoms with Crippen molar-refractivity contribution in [1.82, 2.24) is 4.98 Å². The van der Waals surface area contributed by atoms with E-state index >= 15 is 0 Å². The molecule has 0 aliphatic carbocycles. The van der Waals surface area contributed by atoms with Gasteiger partial charge in [0.2, 0.25) is 0 Å². The van der Waals surface area contributed by atoms with E-state index in [1.54, 1.807) is 18.5 Å². The van der Waals surface area contributed by atoms with Crippen molar-refractivity contribution in [3.05, 3.63) is 48.9 Å². The molecule has 0 saturated heterocycles. The first kappa shape index (κ1) is 10.4. The summed E-state index contributed by atoms with van der Waals surface area (Å²) in [5, 5.41) is 0. The fourth-order valence-corrected chi connectivity index (χ4v) is 0.956. The van der Waals surface area contributed by atoms with Gasteiger partial charge in [-0.15, -0.1) is 0 Å². The van der Waals surface area contributed by atoms with E-state index in [-0.39, 0.29) is 0 Å². The Morgan fingerprint density at radius 1 is 1.43 bits per heavy atom. The smallest absolute Gasteiger partial charge is 0.0717 e. The minimum absolute atomic E-state index is 0.896. The predicted octanol–water partition coefficient (Wildman–Crippen LogP) is 3.09. The maximum absolute atomic E-state index is 4.22. The van der Waals surface area contributed by atoms with Crippen LogP contribution in [0.15, 0.2) is 48.2 Å².